The fraction of sp³-hybridized carbons (Fsp3) is 0.400. The van der Waals surface area contributed by atoms with Gasteiger partial charge in [-0.2, -0.15) is 4.31 Å². The fourth-order valence-corrected chi connectivity index (χ4v) is 3.40. The van der Waals surface area contributed by atoms with E-state index in [0.717, 1.165) is 8.78 Å². The van der Waals surface area contributed by atoms with Crippen LogP contribution in [0, 0.1) is 0 Å². The molecule has 0 aromatic heterocycles. The highest BCUT2D eigenvalue weighted by atomic mass is 79.9. The summed E-state index contributed by atoms with van der Waals surface area (Å²) in [5.41, 5.74) is 0. The van der Waals surface area contributed by atoms with Crippen LogP contribution in [0.1, 0.15) is 6.42 Å². The highest BCUT2D eigenvalue weighted by molar-refractivity contribution is 9.10. The number of sulfonamides is 1. The predicted octanol–water partition coefficient (Wildman–Crippen LogP) is 2.48. The summed E-state index contributed by atoms with van der Waals surface area (Å²) < 4.78 is 51.6. The lowest BCUT2D eigenvalue weighted by atomic mass is 10.3. The molecular weight excluding hydrogens is 316 g/mol. The summed E-state index contributed by atoms with van der Waals surface area (Å²) in [7, 11) is -3.79. The number of benzene rings is 1. The Kier molecular flexibility index (Phi) is 3.26. The largest absolute Gasteiger partial charge is 0.262 e. The van der Waals surface area contributed by atoms with Crippen molar-refractivity contribution in [1.29, 1.82) is 0 Å². The summed E-state index contributed by atoms with van der Waals surface area (Å²) in [5, 5.41) is 0. The Morgan fingerprint density at radius 1 is 1.24 bits per heavy atom. The first-order valence-corrected chi connectivity index (χ1v) is 7.18. The molecule has 1 aromatic rings. The molecule has 1 fully saturated rings. The fourth-order valence-electron chi connectivity index (χ4n) is 1.67. The minimum absolute atomic E-state index is 0.0402. The Labute approximate surface area is 107 Å². The molecule has 1 aliphatic rings. The van der Waals surface area contributed by atoms with Crippen LogP contribution in [0.4, 0.5) is 8.78 Å². The number of rotatable bonds is 2. The third-order valence-corrected chi connectivity index (χ3v) is 4.97. The monoisotopic (exact) mass is 325 g/mol. The average molecular weight is 326 g/mol. The molecule has 94 valence electrons. The zero-order valence-electron chi connectivity index (χ0n) is 8.74. The van der Waals surface area contributed by atoms with Crippen LogP contribution in [0.25, 0.3) is 0 Å². The van der Waals surface area contributed by atoms with Gasteiger partial charge in [0.1, 0.15) is 0 Å². The second-order valence-corrected chi connectivity index (χ2v) is 6.75. The second-order valence-electron chi connectivity index (χ2n) is 3.90. The Bertz CT molecular complexity index is 516. The summed E-state index contributed by atoms with van der Waals surface area (Å²) in [6.07, 6.45) is -0.414. The minimum Gasteiger partial charge on any atom is -0.207 e. The first-order chi connectivity index (χ1) is 7.81. The van der Waals surface area contributed by atoms with Crippen molar-refractivity contribution >= 4 is 26.0 Å². The molecule has 3 nitrogen and oxygen atoms in total. The Hall–Kier alpha value is -0.530. The zero-order valence-corrected chi connectivity index (χ0v) is 11.1. The molecule has 0 amide bonds. The summed E-state index contributed by atoms with van der Waals surface area (Å²) in [6, 6.07) is 5.94. The van der Waals surface area contributed by atoms with Crippen LogP contribution < -0.4 is 0 Å². The first kappa shape index (κ1) is 12.9. The molecule has 0 bridgehead atoms. The summed E-state index contributed by atoms with van der Waals surface area (Å²) in [4.78, 5) is 0.0402. The van der Waals surface area contributed by atoms with E-state index < -0.39 is 28.9 Å². The maximum absolute atomic E-state index is 13.0. The molecule has 0 atom stereocenters. The van der Waals surface area contributed by atoms with Crippen molar-refractivity contribution in [2.45, 2.75) is 17.2 Å². The Morgan fingerprint density at radius 2 is 1.82 bits per heavy atom. The van der Waals surface area contributed by atoms with E-state index in [-0.39, 0.29) is 11.4 Å². The van der Waals surface area contributed by atoms with E-state index in [9.17, 15) is 17.2 Å². The van der Waals surface area contributed by atoms with Crippen LogP contribution in [0.15, 0.2) is 33.6 Å². The van der Waals surface area contributed by atoms with Gasteiger partial charge in [0.25, 0.3) is 5.92 Å². The summed E-state index contributed by atoms with van der Waals surface area (Å²) >= 11 is 3.19. The molecule has 0 N–H and O–H groups in total. The van der Waals surface area contributed by atoms with Crippen LogP contribution in [0.3, 0.4) is 0 Å². The number of nitrogens with zero attached hydrogens (tertiary/aromatic N) is 1. The highest BCUT2D eigenvalue weighted by Crippen LogP contribution is 2.31. The second kappa shape index (κ2) is 4.29. The molecule has 7 heteroatoms. The van der Waals surface area contributed by atoms with Gasteiger partial charge in [-0.15, -0.1) is 0 Å². The van der Waals surface area contributed by atoms with Gasteiger partial charge in [0.2, 0.25) is 10.0 Å². The number of hydrogen-bond donors (Lipinski definition) is 0. The van der Waals surface area contributed by atoms with E-state index in [2.05, 4.69) is 15.9 Å². The lowest BCUT2D eigenvalue weighted by Gasteiger charge is -2.16. The van der Waals surface area contributed by atoms with Crippen molar-refractivity contribution in [3.8, 4) is 0 Å². The van der Waals surface area contributed by atoms with Crippen molar-refractivity contribution in [1.82, 2.24) is 4.31 Å². The molecule has 1 aliphatic heterocycles. The van der Waals surface area contributed by atoms with Gasteiger partial charge in [0.05, 0.1) is 11.4 Å². The van der Waals surface area contributed by atoms with Crippen molar-refractivity contribution in [3.05, 3.63) is 28.7 Å². The topological polar surface area (TPSA) is 37.4 Å². The van der Waals surface area contributed by atoms with Crippen molar-refractivity contribution in [3.63, 3.8) is 0 Å². The molecule has 2 rings (SSSR count). The number of alkyl halides is 2. The molecule has 0 aliphatic carbocycles. The molecule has 0 radical (unpaired) electrons. The zero-order chi connectivity index (χ0) is 12.7. The van der Waals surface area contributed by atoms with Gasteiger partial charge >= 0.3 is 0 Å². The van der Waals surface area contributed by atoms with Crippen molar-refractivity contribution in [2.24, 2.45) is 0 Å². The van der Waals surface area contributed by atoms with E-state index >= 15 is 0 Å². The molecular formula is C10H10BrF2NO2S. The van der Waals surface area contributed by atoms with Crippen LogP contribution in [-0.4, -0.2) is 31.7 Å². The van der Waals surface area contributed by atoms with Gasteiger partial charge in [-0.05, 0) is 24.3 Å². The smallest absolute Gasteiger partial charge is 0.207 e. The molecule has 0 unspecified atom stereocenters. The van der Waals surface area contributed by atoms with Gasteiger partial charge in [-0.1, -0.05) is 15.9 Å². The van der Waals surface area contributed by atoms with E-state index in [1.807, 2.05) is 0 Å². The van der Waals surface area contributed by atoms with E-state index in [4.69, 9.17) is 0 Å². The molecule has 1 aromatic carbocycles. The van der Waals surface area contributed by atoms with Crippen LogP contribution in [0.5, 0.6) is 0 Å². The molecule has 17 heavy (non-hydrogen) atoms. The Morgan fingerprint density at radius 3 is 2.29 bits per heavy atom. The van der Waals surface area contributed by atoms with E-state index in [1.54, 1.807) is 12.1 Å². The quantitative estimate of drug-likeness (QED) is 0.837. The molecule has 1 saturated heterocycles. The normalized spacial score (nSPS) is 20.6. The molecule has 0 spiro atoms. The van der Waals surface area contributed by atoms with Crippen LogP contribution in [-0.2, 0) is 10.0 Å². The van der Waals surface area contributed by atoms with Crippen LogP contribution >= 0.6 is 15.9 Å². The van der Waals surface area contributed by atoms with Crippen LogP contribution in [0.2, 0.25) is 0 Å². The predicted molar refractivity (Wildman–Crippen MR) is 62.5 cm³/mol. The third kappa shape index (κ3) is 2.66. The maximum atomic E-state index is 13.0. The first-order valence-electron chi connectivity index (χ1n) is 4.95. The van der Waals surface area contributed by atoms with E-state index in [0.29, 0.717) is 0 Å². The lowest BCUT2D eigenvalue weighted by Crippen LogP contribution is -2.31. The third-order valence-electron chi connectivity index (χ3n) is 2.59. The van der Waals surface area contributed by atoms with Gasteiger partial charge in [-0.3, -0.25) is 0 Å². The lowest BCUT2D eigenvalue weighted by molar-refractivity contribution is 0.0183. The number of halogens is 3. The summed E-state index contributed by atoms with van der Waals surface area (Å²) in [6.45, 7) is -0.864. The maximum Gasteiger partial charge on any atom is 0.262 e. The van der Waals surface area contributed by atoms with Gasteiger partial charge in [0, 0.05) is 17.4 Å². The van der Waals surface area contributed by atoms with Gasteiger partial charge < -0.3 is 0 Å². The average Bonchev–Trinajstić information content (AvgIpc) is 2.60. The molecule has 1 heterocycles. The minimum atomic E-state index is -3.79. The SMILES string of the molecule is O=S(=O)(c1ccc(Br)cc1)N1CCC(F)(F)C1. The number of hydrogen-bond acceptors (Lipinski definition) is 2. The molecule has 0 saturated carbocycles. The standard InChI is InChI=1S/C10H10BrF2NO2S/c11-8-1-3-9(4-2-8)17(15,16)14-6-5-10(12,13)7-14/h1-4H,5-7H2. The highest BCUT2D eigenvalue weighted by Gasteiger charge is 2.43. The van der Waals surface area contributed by atoms with Crippen molar-refractivity contribution < 1.29 is 17.2 Å². The Balaban J connectivity index is 2.29. The van der Waals surface area contributed by atoms with Gasteiger partial charge in [-0.25, -0.2) is 17.2 Å². The van der Waals surface area contributed by atoms with E-state index in [1.165, 1.54) is 12.1 Å². The summed E-state index contributed by atoms with van der Waals surface area (Å²) in [5.74, 6) is -2.91. The van der Waals surface area contributed by atoms with Crippen molar-refractivity contribution in [2.75, 3.05) is 13.1 Å². The van der Waals surface area contributed by atoms with Gasteiger partial charge in [0.15, 0.2) is 0 Å².